The molecule has 1 saturated heterocycles. The summed E-state index contributed by atoms with van der Waals surface area (Å²) in [5, 5.41) is 3.40. The van der Waals surface area contributed by atoms with Crippen LogP contribution in [0.25, 0.3) is 0 Å². The lowest BCUT2D eigenvalue weighted by Crippen LogP contribution is -2.45. The van der Waals surface area contributed by atoms with Gasteiger partial charge in [-0.3, -0.25) is 4.90 Å². The third-order valence-electron chi connectivity index (χ3n) is 4.51. The number of halogens is 3. The molecule has 1 atom stereocenters. The molecule has 0 radical (unpaired) electrons. The van der Waals surface area contributed by atoms with Crippen molar-refractivity contribution in [1.82, 2.24) is 10.2 Å². The van der Waals surface area contributed by atoms with Crippen molar-refractivity contribution in [2.45, 2.75) is 32.2 Å². The molecule has 1 aromatic carbocycles. The lowest BCUT2D eigenvalue weighted by molar-refractivity contribution is 0.159. The molecule has 1 aromatic rings. The molecule has 21 heavy (non-hydrogen) atoms. The Hall–Kier alpha value is -0.350. The van der Waals surface area contributed by atoms with E-state index in [9.17, 15) is 4.39 Å². The van der Waals surface area contributed by atoms with Crippen LogP contribution in [0.15, 0.2) is 18.2 Å². The van der Waals surface area contributed by atoms with E-state index < -0.39 is 0 Å². The Morgan fingerprint density at radius 1 is 1.24 bits per heavy atom. The second-order valence-corrected chi connectivity index (χ2v) is 5.93. The van der Waals surface area contributed by atoms with Crippen LogP contribution in [0.4, 0.5) is 4.39 Å². The van der Waals surface area contributed by atoms with Gasteiger partial charge in [-0.1, -0.05) is 25.0 Å². The summed E-state index contributed by atoms with van der Waals surface area (Å²) in [7, 11) is 0. The molecule has 0 spiro atoms. The number of benzene rings is 1. The first-order valence-electron chi connectivity index (χ1n) is 7.45. The van der Waals surface area contributed by atoms with E-state index in [-0.39, 0.29) is 30.6 Å². The van der Waals surface area contributed by atoms with Crippen LogP contribution in [-0.2, 0) is 0 Å². The molecule has 0 amide bonds. The Kier molecular flexibility index (Phi) is 7.41. The van der Waals surface area contributed by atoms with Gasteiger partial charge in [-0.25, -0.2) is 4.39 Å². The fourth-order valence-electron chi connectivity index (χ4n) is 3.12. The second-order valence-electron chi connectivity index (χ2n) is 5.93. The maximum atomic E-state index is 13.8. The van der Waals surface area contributed by atoms with E-state index in [4.69, 9.17) is 0 Å². The SMILES string of the molecule is Cc1c(F)cccc1[C@@H](CC1CC1)N1CCNCC1.Cl.Cl. The van der Waals surface area contributed by atoms with Crippen LogP contribution in [0.1, 0.15) is 36.4 Å². The number of hydrogen-bond acceptors (Lipinski definition) is 2. The minimum absolute atomic E-state index is 0. The number of hydrogen-bond donors (Lipinski definition) is 1. The number of rotatable bonds is 4. The number of nitrogens with one attached hydrogen (secondary N) is 1. The van der Waals surface area contributed by atoms with Crippen LogP contribution in [0.2, 0.25) is 0 Å². The first-order valence-corrected chi connectivity index (χ1v) is 7.45. The van der Waals surface area contributed by atoms with Gasteiger partial charge in [-0.2, -0.15) is 0 Å². The predicted molar refractivity (Wildman–Crippen MR) is 90.2 cm³/mol. The second kappa shape index (κ2) is 8.33. The summed E-state index contributed by atoms with van der Waals surface area (Å²) in [6.07, 6.45) is 3.91. The van der Waals surface area contributed by atoms with Crippen LogP contribution in [0.5, 0.6) is 0 Å². The molecule has 0 aromatic heterocycles. The average molecular weight is 335 g/mol. The first kappa shape index (κ1) is 18.7. The Bertz CT molecular complexity index is 446. The molecule has 120 valence electrons. The van der Waals surface area contributed by atoms with Gasteiger partial charge in [0.05, 0.1) is 0 Å². The van der Waals surface area contributed by atoms with Crippen LogP contribution in [-0.4, -0.2) is 31.1 Å². The maximum absolute atomic E-state index is 13.8. The highest BCUT2D eigenvalue weighted by atomic mass is 35.5. The van der Waals surface area contributed by atoms with Crippen molar-refractivity contribution in [3.8, 4) is 0 Å². The Morgan fingerprint density at radius 2 is 1.90 bits per heavy atom. The molecule has 0 bridgehead atoms. The van der Waals surface area contributed by atoms with Crippen LogP contribution < -0.4 is 5.32 Å². The van der Waals surface area contributed by atoms with E-state index in [1.54, 1.807) is 6.07 Å². The molecule has 3 rings (SSSR count). The van der Waals surface area contributed by atoms with E-state index in [2.05, 4.69) is 16.3 Å². The van der Waals surface area contributed by atoms with Gasteiger partial charge in [0.25, 0.3) is 0 Å². The molecular weight excluding hydrogens is 310 g/mol. The summed E-state index contributed by atoms with van der Waals surface area (Å²) >= 11 is 0. The lowest BCUT2D eigenvalue weighted by atomic mass is 9.94. The van der Waals surface area contributed by atoms with Gasteiger partial charge in [0.15, 0.2) is 0 Å². The largest absolute Gasteiger partial charge is 0.314 e. The van der Waals surface area contributed by atoms with Crippen LogP contribution >= 0.6 is 24.8 Å². The standard InChI is InChI=1S/C16H23FN2.2ClH/c1-12-14(3-2-4-15(12)17)16(11-13-5-6-13)19-9-7-18-8-10-19;;/h2-4,13,16,18H,5-11H2,1H3;2*1H/t16-;;/m1../s1. The fraction of sp³-hybridized carbons (Fsp3) is 0.625. The molecule has 1 saturated carbocycles. The predicted octanol–water partition coefficient (Wildman–Crippen LogP) is 3.72. The van der Waals surface area contributed by atoms with Gasteiger partial charge >= 0.3 is 0 Å². The Balaban J connectivity index is 0.00000110. The van der Waals surface area contributed by atoms with Crippen molar-refractivity contribution in [2.24, 2.45) is 5.92 Å². The quantitative estimate of drug-likeness (QED) is 0.902. The monoisotopic (exact) mass is 334 g/mol. The minimum Gasteiger partial charge on any atom is -0.314 e. The summed E-state index contributed by atoms with van der Waals surface area (Å²) < 4.78 is 13.8. The van der Waals surface area contributed by atoms with Crippen molar-refractivity contribution in [3.63, 3.8) is 0 Å². The summed E-state index contributed by atoms with van der Waals surface area (Å²) in [4.78, 5) is 2.54. The smallest absolute Gasteiger partial charge is 0.126 e. The highest BCUT2D eigenvalue weighted by molar-refractivity contribution is 5.85. The van der Waals surface area contributed by atoms with E-state index in [1.165, 1.54) is 24.8 Å². The molecule has 1 N–H and O–H groups in total. The first-order chi connectivity index (χ1) is 9.25. The fourth-order valence-corrected chi connectivity index (χ4v) is 3.12. The number of nitrogens with zero attached hydrogens (tertiary/aromatic N) is 1. The third kappa shape index (κ3) is 4.56. The highest BCUT2D eigenvalue weighted by Crippen LogP contribution is 2.41. The molecule has 2 fully saturated rings. The van der Waals surface area contributed by atoms with Gasteiger partial charge in [0.1, 0.15) is 5.82 Å². The van der Waals surface area contributed by atoms with E-state index in [1.807, 2.05) is 13.0 Å². The van der Waals surface area contributed by atoms with Crippen molar-refractivity contribution < 1.29 is 4.39 Å². The lowest BCUT2D eigenvalue weighted by Gasteiger charge is -2.36. The summed E-state index contributed by atoms with van der Waals surface area (Å²) in [6, 6.07) is 5.96. The summed E-state index contributed by atoms with van der Waals surface area (Å²) in [5.74, 6) is 0.802. The topological polar surface area (TPSA) is 15.3 Å². The summed E-state index contributed by atoms with van der Waals surface area (Å²) in [5.41, 5.74) is 2.04. The zero-order valence-corrected chi connectivity index (χ0v) is 14.1. The van der Waals surface area contributed by atoms with Gasteiger partial charge in [0, 0.05) is 32.2 Å². The third-order valence-corrected chi connectivity index (χ3v) is 4.51. The summed E-state index contributed by atoms with van der Waals surface area (Å²) in [6.45, 7) is 6.18. The van der Waals surface area contributed by atoms with Gasteiger partial charge in [-0.05, 0) is 36.5 Å². The molecule has 2 aliphatic rings. The van der Waals surface area contributed by atoms with Gasteiger partial charge < -0.3 is 5.32 Å². The molecule has 1 heterocycles. The Labute approximate surface area is 139 Å². The molecule has 1 aliphatic heterocycles. The van der Waals surface area contributed by atoms with Crippen molar-refractivity contribution >= 4 is 24.8 Å². The minimum atomic E-state index is -0.0616. The highest BCUT2D eigenvalue weighted by Gasteiger charge is 2.31. The molecular formula is C16H25Cl2FN2. The van der Waals surface area contributed by atoms with Crippen LogP contribution in [0.3, 0.4) is 0 Å². The van der Waals surface area contributed by atoms with Gasteiger partial charge in [0.2, 0.25) is 0 Å². The zero-order valence-electron chi connectivity index (χ0n) is 12.5. The average Bonchev–Trinajstić information content (AvgIpc) is 3.25. The van der Waals surface area contributed by atoms with Crippen LogP contribution in [0, 0.1) is 18.7 Å². The Morgan fingerprint density at radius 3 is 2.52 bits per heavy atom. The molecule has 2 nitrogen and oxygen atoms in total. The molecule has 0 unspecified atom stereocenters. The van der Waals surface area contributed by atoms with E-state index in [0.717, 1.165) is 37.7 Å². The van der Waals surface area contributed by atoms with E-state index in [0.29, 0.717) is 6.04 Å². The van der Waals surface area contributed by atoms with Crippen molar-refractivity contribution in [1.29, 1.82) is 0 Å². The maximum Gasteiger partial charge on any atom is 0.126 e. The van der Waals surface area contributed by atoms with Crippen molar-refractivity contribution in [2.75, 3.05) is 26.2 Å². The number of piperazine rings is 1. The van der Waals surface area contributed by atoms with Crippen molar-refractivity contribution in [3.05, 3.63) is 35.1 Å². The molecule has 1 aliphatic carbocycles. The molecule has 5 heteroatoms. The zero-order chi connectivity index (χ0) is 13.2. The van der Waals surface area contributed by atoms with Gasteiger partial charge in [-0.15, -0.1) is 24.8 Å². The van der Waals surface area contributed by atoms with E-state index >= 15 is 0 Å². The normalized spacial score (nSPS) is 20.3.